The number of hydrogen-bond donors (Lipinski definition) is 1. The van der Waals surface area contributed by atoms with Crippen molar-refractivity contribution in [2.45, 2.75) is 25.7 Å². The number of aryl methyl sites for hydroxylation is 2. The smallest absolute Gasteiger partial charge is 0.0540 e. The molecule has 1 N–H and O–H groups in total. The topological polar surface area (TPSA) is 23.5 Å². The molecule has 1 aliphatic rings. The maximum Gasteiger partial charge on any atom is 0.0540 e. The van der Waals surface area contributed by atoms with Gasteiger partial charge in [0.1, 0.15) is 0 Å². The Morgan fingerprint density at radius 1 is 1.38 bits per heavy atom. The number of aliphatic hydroxyl groups excluding tert-OH is 1. The Balaban J connectivity index is 2.44. The van der Waals surface area contributed by atoms with Crippen LogP contribution in [0.4, 0.5) is 0 Å². The molecule has 2 rings (SSSR count). The van der Waals surface area contributed by atoms with Crippen LogP contribution < -0.4 is 0 Å². The summed E-state index contributed by atoms with van der Waals surface area (Å²) in [6, 6.07) is 6.55. The zero-order valence-corrected chi connectivity index (χ0v) is 10.5. The van der Waals surface area contributed by atoms with Crippen molar-refractivity contribution in [1.29, 1.82) is 0 Å². The van der Waals surface area contributed by atoms with Crippen LogP contribution in [0.3, 0.4) is 0 Å². The highest BCUT2D eigenvalue weighted by molar-refractivity contribution is 5.38. The number of rotatable bonds is 2. The van der Waals surface area contributed by atoms with E-state index in [1.54, 1.807) is 0 Å². The van der Waals surface area contributed by atoms with Gasteiger partial charge in [-0.1, -0.05) is 23.8 Å². The van der Waals surface area contributed by atoms with E-state index >= 15 is 0 Å². The summed E-state index contributed by atoms with van der Waals surface area (Å²) in [7, 11) is 2.13. The lowest BCUT2D eigenvalue weighted by atomic mass is 9.78. The molecule has 1 saturated heterocycles. The minimum atomic E-state index is -0.0369. The SMILES string of the molecule is Cc1ccc(C)c(C2(CO)CCN(C)C2)c1. The van der Waals surface area contributed by atoms with Gasteiger partial charge in [0.15, 0.2) is 0 Å². The highest BCUT2D eigenvalue weighted by atomic mass is 16.3. The second-order valence-electron chi connectivity index (χ2n) is 5.24. The molecule has 2 nitrogen and oxygen atoms in total. The van der Waals surface area contributed by atoms with Crippen LogP contribution in [0.25, 0.3) is 0 Å². The van der Waals surface area contributed by atoms with Gasteiger partial charge in [-0.2, -0.15) is 0 Å². The lowest BCUT2D eigenvalue weighted by Crippen LogP contribution is -2.34. The molecular formula is C14H21NO. The van der Waals surface area contributed by atoms with E-state index in [1.807, 2.05) is 0 Å². The van der Waals surface area contributed by atoms with Gasteiger partial charge < -0.3 is 10.0 Å². The summed E-state index contributed by atoms with van der Waals surface area (Å²) in [5.74, 6) is 0. The van der Waals surface area contributed by atoms with Crippen molar-refractivity contribution >= 4 is 0 Å². The fourth-order valence-electron chi connectivity index (χ4n) is 2.82. The molecule has 1 aliphatic heterocycles. The summed E-state index contributed by atoms with van der Waals surface area (Å²) in [4.78, 5) is 2.30. The largest absolute Gasteiger partial charge is 0.395 e. The number of aliphatic hydroxyl groups is 1. The zero-order chi connectivity index (χ0) is 11.8. The van der Waals surface area contributed by atoms with E-state index in [1.165, 1.54) is 16.7 Å². The molecule has 1 fully saturated rings. The van der Waals surface area contributed by atoms with Crippen LogP contribution in [-0.2, 0) is 5.41 Å². The Kier molecular flexibility index (Phi) is 3.04. The molecule has 88 valence electrons. The van der Waals surface area contributed by atoms with Crippen molar-refractivity contribution < 1.29 is 5.11 Å². The van der Waals surface area contributed by atoms with Crippen LogP contribution in [0.5, 0.6) is 0 Å². The van der Waals surface area contributed by atoms with Gasteiger partial charge in [-0.25, -0.2) is 0 Å². The third kappa shape index (κ3) is 1.87. The standard InChI is InChI=1S/C14H21NO/c1-11-4-5-12(2)13(8-11)14(10-16)6-7-15(3)9-14/h4-5,8,16H,6-7,9-10H2,1-3H3. The third-order valence-corrected chi connectivity index (χ3v) is 3.81. The van der Waals surface area contributed by atoms with E-state index in [4.69, 9.17) is 0 Å². The van der Waals surface area contributed by atoms with Gasteiger partial charge in [0, 0.05) is 12.0 Å². The number of likely N-dealkylation sites (tertiary alicyclic amines) is 1. The molecule has 1 aromatic rings. The van der Waals surface area contributed by atoms with Crippen molar-refractivity contribution in [2.75, 3.05) is 26.7 Å². The van der Waals surface area contributed by atoms with E-state index in [2.05, 4.69) is 44.0 Å². The first-order valence-corrected chi connectivity index (χ1v) is 5.94. The van der Waals surface area contributed by atoms with Crippen LogP contribution in [0.1, 0.15) is 23.1 Å². The first-order chi connectivity index (χ1) is 7.57. The van der Waals surface area contributed by atoms with Crippen molar-refractivity contribution in [1.82, 2.24) is 4.90 Å². The number of hydrogen-bond acceptors (Lipinski definition) is 2. The van der Waals surface area contributed by atoms with Gasteiger partial charge in [-0.3, -0.25) is 0 Å². The van der Waals surface area contributed by atoms with Gasteiger partial charge in [-0.15, -0.1) is 0 Å². The molecule has 1 unspecified atom stereocenters. The van der Waals surface area contributed by atoms with E-state index in [0.717, 1.165) is 19.5 Å². The molecule has 2 heteroatoms. The van der Waals surface area contributed by atoms with Crippen molar-refractivity contribution in [3.05, 3.63) is 34.9 Å². The molecule has 0 aromatic heterocycles. The summed E-state index contributed by atoms with van der Waals surface area (Å²) in [5, 5.41) is 9.78. The lowest BCUT2D eigenvalue weighted by molar-refractivity contribution is 0.194. The predicted molar refractivity (Wildman–Crippen MR) is 66.8 cm³/mol. The average Bonchev–Trinajstić information content (AvgIpc) is 2.65. The Morgan fingerprint density at radius 3 is 2.69 bits per heavy atom. The molecule has 0 spiro atoms. The van der Waals surface area contributed by atoms with Crippen molar-refractivity contribution in [3.63, 3.8) is 0 Å². The minimum Gasteiger partial charge on any atom is -0.395 e. The second-order valence-corrected chi connectivity index (χ2v) is 5.24. The maximum absolute atomic E-state index is 9.78. The molecule has 0 aliphatic carbocycles. The quantitative estimate of drug-likeness (QED) is 0.821. The Hall–Kier alpha value is -0.860. The molecule has 1 aromatic carbocycles. The molecule has 0 saturated carbocycles. The highest BCUT2D eigenvalue weighted by Gasteiger charge is 2.38. The van der Waals surface area contributed by atoms with Crippen LogP contribution >= 0.6 is 0 Å². The van der Waals surface area contributed by atoms with E-state index in [9.17, 15) is 5.11 Å². The van der Waals surface area contributed by atoms with E-state index in [0.29, 0.717) is 0 Å². The molecular weight excluding hydrogens is 198 g/mol. The molecule has 1 heterocycles. The molecule has 0 bridgehead atoms. The zero-order valence-electron chi connectivity index (χ0n) is 10.5. The Labute approximate surface area is 97.9 Å². The fourth-order valence-corrected chi connectivity index (χ4v) is 2.82. The predicted octanol–water partition coefficient (Wildman–Crippen LogP) is 1.87. The third-order valence-electron chi connectivity index (χ3n) is 3.81. The van der Waals surface area contributed by atoms with Crippen molar-refractivity contribution in [2.24, 2.45) is 0 Å². The summed E-state index contributed by atoms with van der Waals surface area (Å²) < 4.78 is 0. The fraction of sp³-hybridized carbons (Fsp3) is 0.571. The van der Waals surface area contributed by atoms with Gasteiger partial charge in [0.05, 0.1) is 6.61 Å². The monoisotopic (exact) mass is 219 g/mol. The molecule has 1 atom stereocenters. The van der Waals surface area contributed by atoms with Gasteiger partial charge in [0.2, 0.25) is 0 Å². The second kappa shape index (κ2) is 4.19. The normalized spacial score (nSPS) is 26.2. The van der Waals surface area contributed by atoms with Crippen molar-refractivity contribution in [3.8, 4) is 0 Å². The molecule has 16 heavy (non-hydrogen) atoms. The lowest BCUT2D eigenvalue weighted by Gasteiger charge is -2.29. The minimum absolute atomic E-state index is 0.0369. The van der Waals surface area contributed by atoms with Crippen LogP contribution in [0.15, 0.2) is 18.2 Å². The Morgan fingerprint density at radius 2 is 2.12 bits per heavy atom. The van der Waals surface area contributed by atoms with Crippen LogP contribution in [0, 0.1) is 13.8 Å². The van der Waals surface area contributed by atoms with E-state index < -0.39 is 0 Å². The van der Waals surface area contributed by atoms with Crippen LogP contribution in [0.2, 0.25) is 0 Å². The summed E-state index contributed by atoms with van der Waals surface area (Å²) in [6.07, 6.45) is 1.06. The number of likely N-dealkylation sites (N-methyl/N-ethyl adjacent to an activating group) is 1. The maximum atomic E-state index is 9.78. The first kappa shape index (κ1) is 11.6. The number of benzene rings is 1. The number of nitrogens with zero attached hydrogens (tertiary/aromatic N) is 1. The summed E-state index contributed by atoms with van der Waals surface area (Å²) in [5.41, 5.74) is 3.88. The van der Waals surface area contributed by atoms with Crippen LogP contribution in [-0.4, -0.2) is 36.8 Å². The Bertz CT molecular complexity index is 388. The van der Waals surface area contributed by atoms with Gasteiger partial charge >= 0.3 is 0 Å². The van der Waals surface area contributed by atoms with Gasteiger partial charge in [0.25, 0.3) is 0 Å². The van der Waals surface area contributed by atoms with E-state index in [-0.39, 0.29) is 12.0 Å². The highest BCUT2D eigenvalue weighted by Crippen LogP contribution is 2.35. The molecule has 0 amide bonds. The average molecular weight is 219 g/mol. The summed E-state index contributed by atoms with van der Waals surface area (Å²) in [6.45, 7) is 6.56. The molecule has 0 radical (unpaired) electrons. The summed E-state index contributed by atoms with van der Waals surface area (Å²) >= 11 is 0. The van der Waals surface area contributed by atoms with Gasteiger partial charge in [-0.05, 0) is 45.0 Å². The first-order valence-electron chi connectivity index (χ1n) is 5.94.